The summed E-state index contributed by atoms with van der Waals surface area (Å²) in [5.74, 6) is -0.432. The molecule has 3 rings (SSSR count). The summed E-state index contributed by atoms with van der Waals surface area (Å²) < 4.78 is 1.48. The summed E-state index contributed by atoms with van der Waals surface area (Å²) in [6.07, 6.45) is 6.10. The molecule has 1 heterocycles. The minimum absolute atomic E-state index is 0.205. The van der Waals surface area contributed by atoms with Gasteiger partial charge in [-0.1, -0.05) is 30.3 Å². The van der Waals surface area contributed by atoms with Crippen molar-refractivity contribution in [2.75, 3.05) is 10.6 Å². The van der Waals surface area contributed by atoms with Gasteiger partial charge in [0, 0.05) is 17.5 Å². The molecule has 0 aliphatic heterocycles. The molecule has 2 N–H and O–H groups in total. The fourth-order valence-electron chi connectivity index (χ4n) is 2.34. The SMILES string of the molecule is CC(C(=O)Nc1ccc(NC(=O)/C=C/c2ccccc2)cc1)n1cncn1. The first-order valence-corrected chi connectivity index (χ1v) is 8.41. The van der Waals surface area contributed by atoms with Gasteiger partial charge in [0.2, 0.25) is 11.8 Å². The van der Waals surface area contributed by atoms with Crippen LogP contribution in [0.2, 0.25) is 0 Å². The van der Waals surface area contributed by atoms with Crippen molar-refractivity contribution in [3.63, 3.8) is 0 Å². The predicted octanol–water partition coefficient (Wildman–Crippen LogP) is 3.13. The van der Waals surface area contributed by atoms with E-state index in [0.29, 0.717) is 11.4 Å². The summed E-state index contributed by atoms with van der Waals surface area (Å²) in [5, 5.41) is 9.54. The van der Waals surface area contributed by atoms with E-state index in [4.69, 9.17) is 0 Å². The fraction of sp³-hybridized carbons (Fsp3) is 0.100. The van der Waals surface area contributed by atoms with E-state index in [9.17, 15) is 9.59 Å². The van der Waals surface area contributed by atoms with Gasteiger partial charge in [-0.25, -0.2) is 9.67 Å². The van der Waals surface area contributed by atoms with Crippen LogP contribution in [0.1, 0.15) is 18.5 Å². The standard InChI is InChI=1S/C20H19N5O2/c1-15(25-14-21-13-22-25)20(27)24-18-10-8-17(9-11-18)23-19(26)12-7-16-5-3-2-4-6-16/h2-15H,1H3,(H,23,26)(H,24,27)/b12-7+. The number of carbonyl (C=O) groups is 2. The summed E-state index contributed by atoms with van der Waals surface area (Å²) in [5.41, 5.74) is 2.22. The third kappa shape index (κ3) is 5.12. The number of hydrogen-bond donors (Lipinski definition) is 2. The molecule has 0 aliphatic rings. The van der Waals surface area contributed by atoms with E-state index in [0.717, 1.165) is 5.56 Å². The lowest BCUT2D eigenvalue weighted by Gasteiger charge is -2.12. The molecule has 3 aromatic rings. The normalized spacial score (nSPS) is 11.9. The molecule has 0 saturated heterocycles. The number of anilines is 2. The van der Waals surface area contributed by atoms with Crippen LogP contribution in [-0.4, -0.2) is 26.6 Å². The second-order valence-corrected chi connectivity index (χ2v) is 5.85. The molecule has 0 bridgehead atoms. The summed E-state index contributed by atoms with van der Waals surface area (Å²) in [4.78, 5) is 28.0. The molecule has 1 unspecified atom stereocenters. The second kappa shape index (κ2) is 8.57. The van der Waals surface area contributed by atoms with Crippen LogP contribution in [0.25, 0.3) is 6.08 Å². The van der Waals surface area contributed by atoms with Crippen molar-refractivity contribution in [3.05, 3.63) is 78.9 Å². The number of amides is 2. The van der Waals surface area contributed by atoms with Crippen molar-refractivity contribution >= 4 is 29.3 Å². The smallest absolute Gasteiger partial charge is 0.249 e. The highest BCUT2D eigenvalue weighted by atomic mass is 16.2. The number of carbonyl (C=O) groups excluding carboxylic acids is 2. The van der Waals surface area contributed by atoms with Crippen molar-refractivity contribution in [1.29, 1.82) is 0 Å². The lowest BCUT2D eigenvalue weighted by Crippen LogP contribution is -2.24. The number of nitrogens with one attached hydrogen (secondary N) is 2. The van der Waals surface area contributed by atoms with Crippen LogP contribution in [0.4, 0.5) is 11.4 Å². The number of aromatic nitrogens is 3. The second-order valence-electron chi connectivity index (χ2n) is 5.85. The van der Waals surface area contributed by atoms with Gasteiger partial charge >= 0.3 is 0 Å². The highest BCUT2D eigenvalue weighted by Crippen LogP contribution is 2.15. The molecule has 0 saturated carbocycles. The van der Waals surface area contributed by atoms with Gasteiger partial charge in [0.05, 0.1) is 0 Å². The topological polar surface area (TPSA) is 88.9 Å². The zero-order valence-corrected chi connectivity index (χ0v) is 14.7. The molecule has 2 aromatic carbocycles. The maximum absolute atomic E-state index is 12.2. The summed E-state index contributed by atoms with van der Waals surface area (Å²) in [6, 6.07) is 16.0. The molecular weight excluding hydrogens is 342 g/mol. The molecule has 7 heteroatoms. The number of hydrogen-bond acceptors (Lipinski definition) is 4. The minimum Gasteiger partial charge on any atom is -0.324 e. The van der Waals surface area contributed by atoms with E-state index in [-0.39, 0.29) is 11.8 Å². The van der Waals surface area contributed by atoms with E-state index in [1.54, 1.807) is 37.3 Å². The van der Waals surface area contributed by atoms with Gasteiger partial charge in [-0.3, -0.25) is 9.59 Å². The van der Waals surface area contributed by atoms with Gasteiger partial charge in [0.25, 0.3) is 0 Å². The maximum atomic E-state index is 12.2. The molecule has 1 atom stereocenters. The van der Waals surface area contributed by atoms with Crippen molar-refractivity contribution < 1.29 is 9.59 Å². The van der Waals surface area contributed by atoms with Crippen LogP contribution in [-0.2, 0) is 9.59 Å². The monoisotopic (exact) mass is 361 g/mol. The first-order valence-electron chi connectivity index (χ1n) is 8.41. The van der Waals surface area contributed by atoms with E-state index in [1.165, 1.54) is 23.4 Å². The Morgan fingerprint density at radius 2 is 1.67 bits per heavy atom. The lowest BCUT2D eigenvalue weighted by molar-refractivity contribution is -0.119. The molecule has 1 aromatic heterocycles. The lowest BCUT2D eigenvalue weighted by atomic mass is 10.2. The van der Waals surface area contributed by atoms with Gasteiger partial charge in [-0.15, -0.1) is 0 Å². The van der Waals surface area contributed by atoms with Crippen LogP contribution >= 0.6 is 0 Å². The van der Waals surface area contributed by atoms with Crippen molar-refractivity contribution in [2.45, 2.75) is 13.0 Å². The van der Waals surface area contributed by atoms with Crippen molar-refractivity contribution in [1.82, 2.24) is 14.8 Å². The predicted molar refractivity (Wildman–Crippen MR) is 104 cm³/mol. The molecule has 0 radical (unpaired) electrons. The quantitative estimate of drug-likeness (QED) is 0.660. The van der Waals surface area contributed by atoms with E-state index >= 15 is 0 Å². The molecule has 0 aliphatic carbocycles. The third-order valence-corrected chi connectivity index (χ3v) is 3.86. The zero-order chi connectivity index (χ0) is 19.1. The Labute approximate surface area is 156 Å². The molecule has 136 valence electrons. The molecule has 7 nitrogen and oxygen atoms in total. The van der Waals surface area contributed by atoms with E-state index < -0.39 is 6.04 Å². The highest BCUT2D eigenvalue weighted by Gasteiger charge is 2.15. The Morgan fingerprint density at radius 1 is 1.00 bits per heavy atom. The van der Waals surface area contributed by atoms with Crippen LogP contribution < -0.4 is 10.6 Å². The molecular formula is C20H19N5O2. The summed E-state index contributed by atoms with van der Waals surface area (Å²) in [6.45, 7) is 1.73. The van der Waals surface area contributed by atoms with Crippen LogP contribution in [0, 0.1) is 0 Å². The van der Waals surface area contributed by atoms with Crippen molar-refractivity contribution in [2.24, 2.45) is 0 Å². The Hall–Kier alpha value is -3.74. The fourth-order valence-corrected chi connectivity index (χ4v) is 2.34. The molecule has 2 amide bonds. The Balaban J connectivity index is 1.54. The van der Waals surface area contributed by atoms with Crippen LogP contribution in [0.15, 0.2) is 73.3 Å². The largest absolute Gasteiger partial charge is 0.324 e. The average Bonchev–Trinajstić information content (AvgIpc) is 3.23. The van der Waals surface area contributed by atoms with Crippen LogP contribution in [0.3, 0.4) is 0 Å². The maximum Gasteiger partial charge on any atom is 0.249 e. The van der Waals surface area contributed by atoms with E-state index in [1.807, 2.05) is 30.3 Å². The Morgan fingerprint density at radius 3 is 2.30 bits per heavy atom. The highest BCUT2D eigenvalue weighted by molar-refractivity contribution is 6.02. The Kier molecular flexibility index (Phi) is 5.73. The number of rotatable bonds is 6. The molecule has 0 fully saturated rings. The average molecular weight is 361 g/mol. The number of nitrogens with zero attached hydrogens (tertiary/aromatic N) is 3. The summed E-state index contributed by atoms with van der Waals surface area (Å²) >= 11 is 0. The number of benzene rings is 2. The third-order valence-electron chi connectivity index (χ3n) is 3.86. The molecule has 27 heavy (non-hydrogen) atoms. The Bertz CT molecular complexity index is 919. The van der Waals surface area contributed by atoms with E-state index in [2.05, 4.69) is 20.7 Å². The van der Waals surface area contributed by atoms with Gasteiger partial charge in [0.1, 0.15) is 18.7 Å². The van der Waals surface area contributed by atoms with Gasteiger partial charge in [-0.05, 0) is 42.8 Å². The first-order chi connectivity index (χ1) is 13.1. The van der Waals surface area contributed by atoms with Gasteiger partial charge in [-0.2, -0.15) is 5.10 Å². The summed E-state index contributed by atoms with van der Waals surface area (Å²) in [7, 11) is 0. The van der Waals surface area contributed by atoms with Gasteiger partial charge < -0.3 is 10.6 Å². The van der Waals surface area contributed by atoms with Crippen molar-refractivity contribution in [3.8, 4) is 0 Å². The van der Waals surface area contributed by atoms with Gasteiger partial charge in [0.15, 0.2) is 0 Å². The molecule has 0 spiro atoms. The first kappa shape index (κ1) is 18.1. The van der Waals surface area contributed by atoms with Crippen LogP contribution in [0.5, 0.6) is 0 Å². The minimum atomic E-state index is -0.477. The zero-order valence-electron chi connectivity index (χ0n) is 14.7.